The van der Waals surface area contributed by atoms with E-state index in [0.29, 0.717) is 6.42 Å². The van der Waals surface area contributed by atoms with Crippen molar-refractivity contribution in [2.75, 3.05) is 0 Å². The van der Waals surface area contributed by atoms with Gasteiger partial charge in [-0.05, 0) is 58.2 Å². The van der Waals surface area contributed by atoms with Gasteiger partial charge in [-0.2, -0.15) is 0 Å². The van der Waals surface area contributed by atoms with E-state index in [0.717, 1.165) is 10.7 Å². The molecule has 0 spiro atoms. The van der Waals surface area contributed by atoms with Gasteiger partial charge in [-0.3, -0.25) is 4.78 Å². The van der Waals surface area contributed by atoms with Crippen LogP contribution in [0.3, 0.4) is 0 Å². The van der Waals surface area contributed by atoms with E-state index in [1.165, 1.54) is 0 Å². The first-order valence-electron chi connectivity index (χ1n) is 10.1. The fraction of sp³-hybridized carbons (Fsp3) is 0.773. The molecule has 0 aromatic heterocycles. The predicted molar refractivity (Wildman–Crippen MR) is 132 cm³/mol. The second kappa shape index (κ2) is 10.7. The zero-order valence-corrected chi connectivity index (χ0v) is 22.5. The van der Waals surface area contributed by atoms with Crippen LogP contribution in [0.4, 0.5) is 0 Å². The minimum atomic E-state index is -2.06. The molecular formula is C22H43ClN2OSSi. The van der Waals surface area contributed by atoms with Gasteiger partial charge in [-0.1, -0.05) is 58.4 Å². The molecule has 0 rings (SSSR count). The van der Waals surface area contributed by atoms with Crippen LogP contribution in [0.1, 0.15) is 68.7 Å². The van der Waals surface area contributed by atoms with Crippen LogP contribution in [0.15, 0.2) is 28.2 Å². The van der Waals surface area contributed by atoms with E-state index in [-0.39, 0.29) is 27.7 Å². The van der Waals surface area contributed by atoms with Crippen LogP contribution in [-0.2, 0) is 15.3 Å². The third-order valence-electron chi connectivity index (χ3n) is 5.32. The summed E-state index contributed by atoms with van der Waals surface area (Å²) >= 11 is 6.40. The predicted octanol–water partition coefficient (Wildman–Crippen LogP) is 7.90. The maximum Gasteiger partial charge on any atom is 0.193 e. The Labute approximate surface area is 183 Å². The number of rotatable bonds is 9. The number of nitrogens with zero attached hydrogens (tertiary/aromatic N) is 1. The van der Waals surface area contributed by atoms with Crippen LogP contribution in [0, 0.1) is 16.6 Å². The van der Waals surface area contributed by atoms with Gasteiger partial charge in [0.25, 0.3) is 0 Å². The Morgan fingerprint density at radius 3 is 2.04 bits per heavy atom. The first kappa shape index (κ1) is 27.8. The highest BCUT2D eigenvalue weighted by Crippen LogP contribution is 2.39. The van der Waals surface area contributed by atoms with Gasteiger partial charge in [0.05, 0.1) is 11.8 Å². The molecule has 6 heteroatoms. The van der Waals surface area contributed by atoms with E-state index in [4.69, 9.17) is 25.2 Å². The summed E-state index contributed by atoms with van der Waals surface area (Å²) in [7, 11) is -2.91. The van der Waals surface area contributed by atoms with Gasteiger partial charge in [0.15, 0.2) is 8.32 Å². The summed E-state index contributed by atoms with van der Waals surface area (Å²) in [6.45, 7) is 27.8. The zero-order valence-electron chi connectivity index (χ0n) is 19.9. The molecule has 28 heavy (non-hydrogen) atoms. The Morgan fingerprint density at radius 2 is 1.71 bits per heavy atom. The molecule has 0 radical (unpaired) electrons. The minimum absolute atomic E-state index is 0.0240. The summed E-state index contributed by atoms with van der Waals surface area (Å²) in [5, 5.41) is 0.883. The fourth-order valence-electron chi connectivity index (χ4n) is 2.25. The Morgan fingerprint density at radius 1 is 1.21 bits per heavy atom. The van der Waals surface area contributed by atoms with E-state index < -0.39 is 19.2 Å². The van der Waals surface area contributed by atoms with Crippen molar-refractivity contribution in [1.82, 2.24) is 0 Å². The molecule has 0 aliphatic heterocycles. The maximum atomic E-state index is 8.60. The Balaban J connectivity index is 6.41. The molecule has 0 aromatic rings. The van der Waals surface area contributed by atoms with Gasteiger partial charge in [-0.25, -0.2) is 4.40 Å². The monoisotopic (exact) mass is 446 g/mol. The standard InChI is InChI=1S/C22H43ClN2OSSi/c1-13-17(15-18(23)14-2)20(26-28(11,12)22(8,9)10)19(16(3)4)25-27(24)21(5,6)7/h13-14,16-17,20,24H,1,15H2,2-12H3. The van der Waals surface area contributed by atoms with Crippen molar-refractivity contribution in [3.63, 3.8) is 0 Å². The van der Waals surface area contributed by atoms with Crippen molar-refractivity contribution >= 4 is 36.5 Å². The molecule has 3 nitrogen and oxygen atoms in total. The smallest absolute Gasteiger partial charge is 0.193 e. The Bertz CT molecular complexity index is 613. The first-order chi connectivity index (χ1) is 12.5. The van der Waals surface area contributed by atoms with Crippen molar-refractivity contribution in [3.8, 4) is 0 Å². The molecule has 0 amide bonds. The number of halogens is 1. The topological polar surface area (TPSA) is 45.4 Å². The van der Waals surface area contributed by atoms with Crippen LogP contribution >= 0.6 is 11.6 Å². The third-order valence-corrected chi connectivity index (χ3v) is 11.7. The molecule has 0 bridgehead atoms. The van der Waals surface area contributed by atoms with Crippen molar-refractivity contribution in [3.05, 3.63) is 23.8 Å². The molecule has 3 atom stereocenters. The molecule has 3 unspecified atom stereocenters. The summed E-state index contributed by atoms with van der Waals surface area (Å²) in [4.78, 5) is 0. The number of hydrogen-bond donors (Lipinski definition) is 1. The van der Waals surface area contributed by atoms with Gasteiger partial charge < -0.3 is 4.43 Å². The Hall–Kier alpha value is -0.233. The van der Waals surface area contributed by atoms with Crippen LogP contribution in [0.2, 0.25) is 18.1 Å². The molecular weight excluding hydrogens is 404 g/mol. The van der Waals surface area contributed by atoms with Gasteiger partial charge in [0.1, 0.15) is 0 Å². The molecule has 0 aliphatic rings. The molecule has 0 saturated heterocycles. The normalized spacial score (nSPS) is 18.2. The largest absolute Gasteiger partial charge is 0.408 e. The molecule has 164 valence electrons. The lowest BCUT2D eigenvalue weighted by Crippen LogP contribution is -2.49. The van der Waals surface area contributed by atoms with Gasteiger partial charge >= 0.3 is 0 Å². The molecule has 0 heterocycles. The minimum Gasteiger partial charge on any atom is -0.408 e. The highest BCUT2D eigenvalue weighted by Gasteiger charge is 2.42. The fourth-order valence-corrected chi connectivity index (χ4v) is 4.51. The average molecular weight is 447 g/mol. The van der Waals surface area contributed by atoms with Crippen LogP contribution in [0.25, 0.3) is 0 Å². The van der Waals surface area contributed by atoms with E-state index in [1.807, 2.05) is 19.1 Å². The Kier molecular flexibility index (Phi) is 10.6. The first-order valence-corrected chi connectivity index (χ1v) is 14.6. The molecule has 0 aromatic carbocycles. The quantitative estimate of drug-likeness (QED) is 0.218. The average Bonchev–Trinajstić information content (AvgIpc) is 2.53. The summed E-state index contributed by atoms with van der Waals surface area (Å²) in [6.07, 6.45) is 4.33. The summed E-state index contributed by atoms with van der Waals surface area (Å²) in [6, 6.07) is 0. The highest BCUT2D eigenvalue weighted by atomic mass is 35.5. The van der Waals surface area contributed by atoms with Crippen molar-refractivity contribution in [2.45, 2.75) is 97.7 Å². The van der Waals surface area contributed by atoms with Crippen LogP contribution in [-0.4, -0.2) is 24.9 Å². The molecule has 0 aliphatic carbocycles. The van der Waals surface area contributed by atoms with Gasteiger partial charge in [0, 0.05) is 26.6 Å². The van der Waals surface area contributed by atoms with Crippen LogP contribution in [0.5, 0.6) is 0 Å². The SMILES string of the molecule is C=CC(CC(Cl)=CC)C(O[Si](C)(C)C(C)(C)C)C(=NS(=N)C(C)(C)C)C(C)C. The summed E-state index contributed by atoms with van der Waals surface area (Å²) < 4.78 is 20.2. The molecule has 0 saturated carbocycles. The number of allylic oxidation sites excluding steroid dienone is 2. The van der Waals surface area contributed by atoms with Crippen molar-refractivity contribution in [1.29, 1.82) is 4.78 Å². The zero-order chi connectivity index (χ0) is 22.5. The highest BCUT2D eigenvalue weighted by molar-refractivity contribution is 7.86. The van der Waals surface area contributed by atoms with Gasteiger partial charge in [-0.15, -0.1) is 6.58 Å². The van der Waals surface area contributed by atoms with E-state index in [1.54, 1.807) is 0 Å². The lowest BCUT2D eigenvalue weighted by molar-refractivity contribution is 0.195. The summed E-state index contributed by atoms with van der Waals surface area (Å²) in [5.41, 5.74) is 0.962. The summed E-state index contributed by atoms with van der Waals surface area (Å²) in [5.74, 6) is 0.209. The van der Waals surface area contributed by atoms with Crippen LogP contribution < -0.4 is 0 Å². The second-order valence-corrected chi connectivity index (χ2v) is 17.4. The number of hydrogen-bond acceptors (Lipinski definition) is 2. The van der Waals surface area contributed by atoms with Gasteiger partial charge in [0.2, 0.25) is 0 Å². The van der Waals surface area contributed by atoms with E-state index in [2.05, 4.69) is 75.1 Å². The second-order valence-electron chi connectivity index (χ2n) is 10.2. The van der Waals surface area contributed by atoms with E-state index >= 15 is 0 Å². The molecule has 0 fully saturated rings. The van der Waals surface area contributed by atoms with E-state index in [9.17, 15) is 0 Å². The van der Waals surface area contributed by atoms with Crippen molar-refractivity contribution < 1.29 is 4.43 Å². The lowest BCUT2D eigenvalue weighted by Gasteiger charge is -2.42. The number of nitrogens with one attached hydrogen (secondary N) is 1. The maximum absolute atomic E-state index is 8.60. The van der Waals surface area contributed by atoms with Crippen molar-refractivity contribution in [2.24, 2.45) is 16.2 Å². The third kappa shape index (κ3) is 8.25. The molecule has 1 N–H and O–H groups in total. The lowest BCUT2D eigenvalue weighted by atomic mass is 9.90.